The summed E-state index contributed by atoms with van der Waals surface area (Å²) in [6.07, 6.45) is 7.14. The molecule has 0 aliphatic rings. The van der Waals surface area contributed by atoms with Gasteiger partial charge in [0.1, 0.15) is 0 Å². The number of nitrogens with zero attached hydrogens (tertiary/aromatic N) is 2. The topological polar surface area (TPSA) is 87.2 Å². The van der Waals surface area contributed by atoms with Crippen molar-refractivity contribution in [2.75, 3.05) is 14.1 Å². The second kappa shape index (κ2) is 8.56. The van der Waals surface area contributed by atoms with Gasteiger partial charge in [-0.3, -0.25) is 9.98 Å². The van der Waals surface area contributed by atoms with Gasteiger partial charge < -0.3 is 16.5 Å². The lowest BCUT2D eigenvalue weighted by atomic mass is 10.0. The highest BCUT2D eigenvalue weighted by molar-refractivity contribution is 6.10. The Bertz CT molecular complexity index is 638. The summed E-state index contributed by atoms with van der Waals surface area (Å²) in [7, 11) is 3.54. The van der Waals surface area contributed by atoms with Gasteiger partial charge in [-0.15, -0.1) is 0 Å². The van der Waals surface area contributed by atoms with Crippen molar-refractivity contribution in [2.45, 2.75) is 13.3 Å². The molecule has 0 aromatic carbocycles. The van der Waals surface area contributed by atoms with Crippen LogP contribution in [0.2, 0.25) is 0 Å². The summed E-state index contributed by atoms with van der Waals surface area (Å²) in [5.74, 6) is 0. The first kappa shape index (κ1) is 17.4. The molecule has 0 atom stereocenters. The van der Waals surface area contributed by atoms with E-state index < -0.39 is 0 Å². The number of hydrogen-bond acceptors (Lipinski definition) is 5. The first-order valence-electron chi connectivity index (χ1n) is 7.05. The predicted octanol–water partition coefficient (Wildman–Crippen LogP) is 2.30. The van der Waals surface area contributed by atoms with Crippen LogP contribution in [0, 0.1) is 5.41 Å². The molecule has 5 nitrogen and oxygen atoms in total. The summed E-state index contributed by atoms with van der Waals surface area (Å²) in [5, 5.41) is 10.4. The van der Waals surface area contributed by atoms with Crippen LogP contribution in [-0.2, 0) is 6.42 Å². The zero-order valence-corrected chi connectivity index (χ0v) is 13.4. The molecule has 1 heterocycles. The largest absolute Gasteiger partial charge is 0.404 e. The first-order chi connectivity index (χ1) is 10.6. The Morgan fingerprint density at radius 3 is 2.68 bits per heavy atom. The van der Waals surface area contributed by atoms with Crippen LogP contribution in [0.15, 0.2) is 47.8 Å². The van der Waals surface area contributed by atoms with Gasteiger partial charge in [0, 0.05) is 49.0 Å². The Kier molecular flexibility index (Phi) is 6.76. The minimum Gasteiger partial charge on any atom is -0.404 e. The van der Waals surface area contributed by atoms with Gasteiger partial charge in [0.15, 0.2) is 0 Å². The van der Waals surface area contributed by atoms with Crippen molar-refractivity contribution in [3.05, 3.63) is 59.7 Å². The fourth-order valence-corrected chi connectivity index (χ4v) is 1.93. The second-order valence-corrected chi connectivity index (χ2v) is 4.53. The van der Waals surface area contributed by atoms with Crippen LogP contribution >= 0.6 is 0 Å². The smallest absolute Gasteiger partial charge is 0.0885 e. The van der Waals surface area contributed by atoms with E-state index in [2.05, 4.69) is 21.9 Å². The highest BCUT2D eigenvalue weighted by Crippen LogP contribution is 2.17. The third kappa shape index (κ3) is 4.15. The maximum Gasteiger partial charge on any atom is 0.0885 e. The Labute approximate surface area is 131 Å². The molecule has 0 bridgehead atoms. The second-order valence-electron chi connectivity index (χ2n) is 4.53. The van der Waals surface area contributed by atoms with Gasteiger partial charge in [0.25, 0.3) is 0 Å². The van der Waals surface area contributed by atoms with Gasteiger partial charge in [-0.25, -0.2) is 0 Å². The molecule has 0 amide bonds. The average molecular weight is 297 g/mol. The van der Waals surface area contributed by atoms with Crippen molar-refractivity contribution >= 4 is 17.5 Å². The number of aromatic nitrogens is 1. The van der Waals surface area contributed by atoms with Crippen molar-refractivity contribution in [1.29, 1.82) is 5.41 Å². The van der Waals surface area contributed by atoms with E-state index in [-0.39, 0.29) is 0 Å². The van der Waals surface area contributed by atoms with E-state index in [1.807, 2.05) is 38.3 Å². The number of pyridine rings is 1. The quantitative estimate of drug-likeness (QED) is 0.533. The van der Waals surface area contributed by atoms with Crippen LogP contribution in [-0.4, -0.2) is 31.0 Å². The third-order valence-corrected chi connectivity index (χ3v) is 3.22. The van der Waals surface area contributed by atoms with Crippen LogP contribution in [0.1, 0.15) is 23.9 Å². The summed E-state index contributed by atoms with van der Waals surface area (Å²) in [6, 6.07) is 3.81. The van der Waals surface area contributed by atoms with Crippen molar-refractivity contribution < 1.29 is 0 Å². The molecule has 1 aromatic rings. The van der Waals surface area contributed by atoms with Crippen molar-refractivity contribution in [3.8, 4) is 0 Å². The van der Waals surface area contributed by atoms with Gasteiger partial charge in [0.05, 0.1) is 11.4 Å². The summed E-state index contributed by atoms with van der Waals surface area (Å²) < 4.78 is 0. The number of aryl methyl sites for hydroxylation is 1. The fourth-order valence-electron chi connectivity index (χ4n) is 1.93. The molecule has 1 rings (SSSR count). The van der Waals surface area contributed by atoms with E-state index in [1.165, 1.54) is 12.4 Å². The number of rotatable bonds is 7. The van der Waals surface area contributed by atoms with Crippen LogP contribution in [0.5, 0.6) is 0 Å². The Morgan fingerprint density at radius 1 is 1.45 bits per heavy atom. The predicted molar refractivity (Wildman–Crippen MR) is 94.4 cm³/mol. The van der Waals surface area contributed by atoms with Gasteiger partial charge in [-0.05, 0) is 24.6 Å². The summed E-state index contributed by atoms with van der Waals surface area (Å²) in [5.41, 5.74) is 10.3. The van der Waals surface area contributed by atoms with E-state index in [9.17, 15) is 0 Å². The molecular weight excluding hydrogens is 274 g/mol. The molecule has 0 saturated carbocycles. The van der Waals surface area contributed by atoms with Crippen LogP contribution < -0.4 is 11.1 Å². The highest BCUT2D eigenvalue weighted by atomic mass is 14.8. The van der Waals surface area contributed by atoms with E-state index in [1.54, 1.807) is 7.05 Å². The maximum absolute atomic E-state index is 7.43. The zero-order chi connectivity index (χ0) is 16.5. The molecule has 1 aromatic heterocycles. The molecule has 5 heteroatoms. The van der Waals surface area contributed by atoms with Crippen molar-refractivity contribution in [3.63, 3.8) is 0 Å². The highest BCUT2D eigenvalue weighted by Gasteiger charge is 2.09. The lowest BCUT2D eigenvalue weighted by molar-refractivity contribution is 1.02. The lowest BCUT2D eigenvalue weighted by Gasteiger charge is -2.10. The molecule has 4 N–H and O–H groups in total. The van der Waals surface area contributed by atoms with Crippen molar-refractivity contribution in [2.24, 2.45) is 10.7 Å². The summed E-state index contributed by atoms with van der Waals surface area (Å²) in [6.45, 7) is 5.87. The van der Waals surface area contributed by atoms with Gasteiger partial charge in [-0.2, -0.15) is 0 Å². The minimum atomic E-state index is 0.657. The number of nitrogens with one attached hydrogen (secondary N) is 2. The Balaban J connectivity index is 3.24. The molecule has 0 spiro atoms. The molecule has 0 aliphatic heterocycles. The molecule has 0 fully saturated rings. The number of allylic oxidation sites excluding steroid dienone is 3. The van der Waals surface area contributed by atoms with Gasteiger partial charge >= 0.3 is 0 Å². The number of nitrogens with two attached hydrogens (primary N) is 1. The molecule has 0 unspecified atom stereocenters. The summed E-state index contributed by atoms with van der Waals surface area (Å²) in [4.78, 5) is 8.92. The van der Waals surface area contributed by atoms with Gasteiger partial charge in [-0.1, -0.05) is 19.6 Å². The average Bonchev–Trinajstić information content (AvgIpc) is 2.56. The Morgan fingerprint density at radius 2 is 2.18 bits per heavy atom. The summed E-state index contributed by atoms with van der Waals surface area (Å²) >= 11 is 0. The number of likely N-dealkylation sites (N-methyl/N-ethyl adjacent to an activating group) is 1. The molecular formula is C17H23N5. The maximum atomic E-state index is 7.43. The fraction of sp³-hybridized carbons (Fsp3) is 0.235. The minimum absolute atomic E-state index is 0.657. The first-order valence-corrected chi connectivity index (χ1v) is 7.05. The molecule has 116 valence electrons. The number of hydrogen-bond donors (Lipinski definition) is 3. The van der Waals surface area contributed by atoms with E-state index in [0.29, 0.717) is 5.57 Å². The number of aliphatic imine (C=N–C) groups is 1. The zero-order valence-electron chi connectivity index (χ0n) is 13.4. The molecule has 22 heavy (non-hydrogen) atoms. The SMILES string of the molecule is C=C(/C=C\C(=NC)c1ccc(C(C=N)=CN)c(CC)n1)NC. The Hall–Kier alpha value is -2.69. The normalized spacial score (nSPS) is 12.5. The van der Waals surface area contributed by atoms with E-state index >= 15 is 0 Å². The van der Waals surface area contributed by atoms with Gasteiger partial charge in [0.2, 0.25) is 0 Å². The van der Waals surface area contributed by atoms with Crippen LogP contribution in [0.25, 0.3) is 5.57 Å². The van der Waals surface area contributed by atoms with E-state index in [0.717, 1.165) is 34.8 Å². The third-order valence-electron chi connectivity index (χ3n) is 3.22. The molecule has 0 aliphatic carbocycles. The monoisotopic (exact) mass is 297 g/mol. The van der Waals surface area contributed by atoms with Crippen LogP contribution in [0.4, 0.5) is 0 Å². The van der Waals surface area contributed by atoms with E-state index in [4.69, 9.17) is 11.1 Å². The standard InChI is InChI=1S/C17H23N5/c1-5-15-14(13(10-18)11-19)7-9-17(22-15)16(21-4)8-6-12(2)20-3/h6-11,18,20H,2,5,19H2,1,3-4H3/b8-6-,13-11?,18-10?,21-16?. The van der Waals surface area contributed by atoms with Crippen LogP contribution in [0.3, 0.4) is 0 Å². The molecule has 0 radical (unpaired) electrons. The lowest BCUT2D eigenvalue weighted by Crippen LogP contribution is -2.07. The van der Waals surface area contributed by atoms with Crippen molar-refractivity contribution in [1.82, 2.24) is 10.3 Å². The molecule has 0 saturated heterocycles.